The number of benzene rings is 1. The van der Waals surface area contributed by atoms with Gasteiger partial charge in [0.1, 0.15) is 12.4 Å². The second-order valence-corrected chi connectivity index (χ2v) is 6.59. The number of carbonyl (C=O) groups excluding carboxylic acids is 1. The van der Waals surface area contributed by atoms with Gasteiger partial charge in [0, 0.05) is 6.07 Å². The first-order chi connectivity index (χ1) is 13.8. The minimum atomic E-state index is -0.838. The van der Waals surface area contributed by atoms with E-state index in [-0.39, 0.29) is 30.7 Å². The third-order valence-electron chi connectivity index (χ3n) is 4.10. The lowest BCUT2D eigenvalue weighted by Gasteiger charge is -2.20. The molecule has 0 aliphatic rings. The molecule has 29 heavy (non-hydrogen) atoms. The van der Waals surface area contributed by atoms with Gasteiger partial charge in [0.2, 0.25) is 11.2 Å². The topological polar surface area (TPSA) is 115 Å². The Morgan fingerprint density at radius 3 is 2.52 bits per heavy atom. The maximum atomic E-state index is 12.2. The van der Waals surface area contributed by atoms with Crippen molar-refractivity contribution in [2.24, 2.45) is 0 Å². The quantitative estimate of drug-likeness (QED) is 0.611. The Balaban J connectivity index is 2.59. The highest BCUT2D eigenvalue weighted by atomic mass is 16.5. The van der Waals surface area contributed by atoms with Gasteiger partial charge in [0.25, 0.3) is 0 Å². The standard InChI is InChI=1S/C21H26O8/c1-5-27-19(24)10-15(21-20(25)16(23)9-14(11-22)29-21)13-6-7-17(28-12(2)3)18(8-13)26-4/h6-9,12,15,22,25H,5,10-11H2,1-4H3/t15-/m1/s1. The first-order valence-corrected chi connectivity index (χ1v) is 9.27. The first kappa shape index (κ1) is 22.3. The predicted molar refractivity (Wildman–Crippen MR) is 104 cm³/mol. The minimum absolute atomic E-state index is 0.0246. The highest BCUT2D eigenvalue weighted by Gasteiger charge is 2.27. The second kappa shape index (κ2) is 9.97. The highest BCUT2D eigenvalue weighted by Crippen LogP contribution is 2.38. The molecule has 2 rings (SSSR count). The van der Waals surface area contributed by atoms with E-state index in [1.165, 1.54) is 7.11 Å². The van der Waals surface area contributed by atoms with Gasteiger partial charge in [-0.1, -0.05) is 6.07 Å². The summed E-state index contributed by atoms with van der Waals surface area (Å²) in [5.74, 6) is -1.22. The molecule has 0 unspecified atom stereocenters. The van der Waals surface area contributed by atoms with Crippen LogP contribution in [0, 0.1) is 0 Å². The van der Waals surface area contributed by atoms with E-state index < -0.39 is 29.7 Å². The van der Waals surface area contributed by atoms with E-state index in [4.69, 9.17) is 18.6 Å². The molecule has 8 heteroatoms. The van der Waals surface area contributed by atoms with Crippen molar-refractivity contribution in [1.29, 1.82) is 0 Å². The smallest absolute Gasteiger partial charge is 0.306 e. The number of esters is 1. The molecule has 0 saturated heterocycles. The van der Waals surface area contributed by atoms with Crippen LogP contribution >= 0.6 is 0 Å². The lowest BCUT2D eigenvalue weighted by molar-refractivity contribution is -0.143. The monoisotopic (exact) mass is 406 g/mol. The summed E-state index contributed by atoms with van der Waals surface area (Å²) < 4.78 is 21.6. The molecule has 1 heterocycles. The molecule has 0 fully saturated rings. The molecule has 1 aromatic heterocycles. The van der Waals surface area contributed by atoms with Gasteiger partial charge in [-0.2, -0.15) is 0 Å². The number of aliphatic hydroxyl groups is 1. The number of methoxy groups -OCH3 is 1. The molecule has 0 aliphatic carbocycles. The molecule has 0 amide bonds. The van der Waals surface area contributed by atoms with E-state index in [1.807, 2.05) is 13.8 Å². The number of aliphatic hydroxyl groups excluding tert-OH is 1. The van der Waals surface area contributed by atoms with Crippen LogP contribution in [0.1, 0.15) is 50.2 Å². The fraction of sp³-hybridized carbons (Fsp3) is 0.429. The van der Waals surface area contributed by atoms with Gasteiger partial charge < -0.3 is 28.8 Å². The zero-order valence-electron chi connectivity index (χ0n) is 16.9. The van der Waals surface area contributed by atoms with Crippen LogP contribution in [-0.2, 0) is 16.1 Å². The number of rotatable bonds is 9. The van der Waals surface area contributed by atoms with Crippen molar-refractivity contribution >= 4 is 5.97 Å². The van der Waals surface area contributed by atoms with Gasteiger partial charge in [0.05, 0.1) is 32.2 Å². The molecule has 158 valence electrons. The minimum Gasteiger partial charge on any atom is -0.502 e. The van der Waals surface area contributed by atoms with Crippen molar-refractivity contribution in [2.45, 2.75) is 45.8 Å². The summed E-state index contributed by atoms with van der Waals surface area (Å²) in [7, 11) is 1.48. The Bertz CT molecular complexity index is 900. The van der Waals surface area contributed by atoms with E-state index in [0.29, 0.717) is 17.1 Å². The first-order valence-electron chi connectivity index (χ1n) is 9.27. The van der Waals surface area contributed by atoms with Gasteiger partial charge in [-0.25, -0.2) is 0 Å². The Morgan fingerprint density at radius 2 is 1.93 bits per heavy atom. The van der Waals surface area contributed by atoms with Crippen LogP contribution in [0.3, 0.4) is 0 Å². The second-order valence-electron chi connectivity index (χ2n) is 6.59. The van der Waals surface area contributed by atoms with E-state index >= 15 is 0 Å². The third-order valence-corrected chi connectivity index (χ3v) is 4.10. The molecule has 2 N–H and O–H groups in total. The summed E-state index contributed by atoms with van der Waals surface area (Å²) >= 11 is 0. The van der Waals surface area contributed by atoms with Crippen molar-refractivity contribution < 1.29 is 33.6 Å². The molecule has 2 aromatic rings. The number of hydrogen-bond donors (Lipinski definition) is 2. The third kappa shape index (κ3) is 5.51. The summed E-state index contributed by atoms with van der Waals surface area (Å²) in [4.78, 5) is 24.3. The Labute approximate surface area is 168 Å². The van der Waals surface area contributed by atoms with E-state index in [2.05, 4.69) is 0 Å². The van der Waals surface area contributed by atoms with Crippen LogP contribution in [0.5, 0.6) is 17.2 Å². The van der Waals surface area contributed by atoms with Crippen molar-refractivity contribution in [3.8, 4) is 17.2 Å². The molecule has 1 aromatic carbocycles. The summed E-state index contributed by atoms with van der Waals surface area (Å²) in [6, 6.07) is 6.01. The maximum absolute atomic E-state index is 12.2. The highest BCUT2D eigenvalue weighted by molar-refractivity contribution is 5.71. The van der Waals surface area contributed by atoms with Crippen molar-refractivity contribution in [3.05, 3.63) is 51.6 Å². The van der Waals surface area contributed by atoms with Crippen LogP contribution in [0.15, 0.2) is 33.5 Å². The molecule has 1 atom stereocenters. The molecule has 0 spiro atoms. The van der Waals surface area contributed by atoms with Crippen LogP contribution in [0.2, 0.25) is 0 Å². The van der Waals surface area contributed by atoms with Crippen molar-refractivity contribution in [1.82, 2.24) is 0 Å². The Hall–Kier alpha value is -3.00. The largest absolute Gasteiger partial charge is 0.502 e. The maximum Gasteiger partial charge on any atom is 0.306 e. The van der Waals surface area contributed by atoms with E-state index in [0.717, 1.165) is 6.07 Å². The number of carbonyl (C=O) groups is 1. The summed E-state index contributed by atoms with van der Waals surface area (Å²) in [6.07, 6.45) is -0.263. The molecule has 0 aliphatic heterocycles. The molecular weight excluding hydrogens is 380 g/mol. The van der Waals surface area contributed by atoms with Gasteiger partial charge in [-0.3, -0.25) is 9.59 Å². The van der Waals surface area contributed by atoms with E-state index in [1.54, 1.807) is 25.1 Å². The predicted octanol–water partition coefficient (Wildman–Crippen LogP) is 2.72. The van der Waals surface area contributed by atoms with Crippen LogP contribution in [0.25, 0.3) is 0 Å². The number of hydrogen-bond acceptors (Lipinski definition) is 8. The summed E-state index contributed by atoms with van der Waals surface area (Å²) in [6.45, 7) is 5.09. The Kier molecular flexibility index (Phi) is 7.67. The molecular formula is C21H26O8. The van der Waals surface area contributed by atoms with Gasteiger partial charge >= 0.3 is 5.97 Å². The Morgan fingerprint density at radius 1 is 1.21 bits per heavy atom. The molecule has 0 bridgehead atoms. The molecule has 0 radical (unpaired) electrons. The zero-order chi connectivity index (χ0) is 21.6. The van der Waals surface area contributed by atoms with Gasteiger partial charge in [-0.05, 0) is 38.5 Å². The average Bonchev–Trinajstić information content (AvgIpc) is 2.68. The lowest BCUT2D eigenvalue weighted by atomic mass is 9.91. The average molecular weight is 406 g/mol. The fourth-order valence-electron chi connectivity index (χ4n) is 2.87. The van der Waals surface area contributed by atoms with Crippen molar-refractivity contribution in [2.75, 3.05) is 13.7 Å². The number of ether oxygens (including phenoxy) is 3. The lowest BCUT2D eigenvalue weighted by Crippen LogP contribution is -2.15. The van der Waals surface area contributed by atoms with Crippen LogP contribution < -0.4 is 14.9 Å². The normalized spacial score (nSPS) is 11.9. The molecule has 8 nitrogen and oxygen atoms in total. The fourth-order valence-corrected chi connectivity index (χ4v) is 2.87. The number of aromatic hydroxyl groups is 1. The zero-order valence-corrected chi connectivity index (χ0v) is 16.9. The van der Waals surface area contributed by atoms with E-state index in [9.17, 15) is 19.8 Å². The van der Waals surface area contributed by atoms with Crippen molar-refractivity contribution in [3.63, 3.8) is 0 Å². The molecule has 0 saturated carbocycles. The van der Waals surface area contributed by atoms with Crippen LogP contribution in [-0.4, -0.2) is 36.0 Å². The summed E-state index contributed by atoms with van der Waals surface area (Å²) in [5, 5.41) is 19.7. The SMILES string of the molecule is CCOC(=O)C[C@H](c1ccc(OC(C)C)c(OC)c1)c1oc(CO)cc(=O)c1O. The van der Waals surface area contributed by atoms with Gasteiger partial charge in [-0.15, -0.1) is 0 Å². The van der Waals surface area contributed by atoms with Crippen LogP contribution in [0.4, 0.5) is 0 Å². The van der Waals surface area contributed by atoms with Gasteiger partial charge in [0.15, 0.2) is 17.3 Å². The summed E-state index contributed by atoms with van der Waals surface area (Å²) in [5.41, 5.74) is -0.171.